The molecule has 4 aliphatic carbocycles. The van der Waals surface area contributed by atoms with Gasteiger partial charge in [0.05, 0.1) is 0 Å². The lowest BCUT2D eigenvalue weighted by Crippen LogP contribution is -2.70. The molecule has 0 bridgehead atoms. The molecule has 0 aromatic rings. The number of aliphatic hydroxyl groups excluding tert-OH is 1. The molecule has 0 amide bonds. The second-order valence-corrected chi connectivity index (χ2v) is 13.0. The molecule has 2 saturated carbocycles. The molecular weight excluding hydrogens is 488 g/mol. The predicted molar refractivity (Wildman–Crippen MR) is 136 cm³/mol. The Balaban J connectivity index is 1.70. The van der Waals surface area contributed by atoms with E-state index in [1.54, 1.807) is 6.08 Å². The molecule has 1 aliphatic heterocycles. The first-order chi connectivity index (χ1) is 17.6. The van der Waals surface area contributed by atoms with Crippen LogP contribution in [-0.2, 0) is 33.4 Å². The van der Waals surface area contributed by atoms with E-state index in [0.29, 0.717) is 12.0 Å². The maximum absolute atomic E-state index is 13.2. The van der Waals surface area contributed by atoms with E-state index in [1.807, 2.05) is 19.9 Å². The van der Waals surface area contributed by atoms with E-state index in [-0.39, 0.29) is 17.6 Å². The normalized spacial score (nSPS) is 44.7. The summed E-state index contributed by atoms with van der Waals surface area (Å²) in [7, 11) is 0. The molecule has 0 radical (unpaired) electrons. The van der Waals surface area contributed by atoms with Crippen LogP contribution in [0.2, 0.25) is 0 Å². The third-order valence-electron chi connectivity index (χ3n) is 10.6. The molecule has 0 saturated heterocycles. The summed E-state index contributed by atoms with van der Waals surface area (Å²) in [6.07, 6.45) is 6.37. The van der Waals surface area contributed by atoms with E-state index in [4.69, 9.17) is 14.2 Å². The highest BCUT2D eigenvalue weighted by molar-refractivity contribution is 5.96. The number of esters is 3. The molecule has 0 aromatic carbocycles. The summed E-state index contributed by atoms with van der Waals surface area (Å²) in [5, 5.41) is 10.5. The van der Waals surface area contributed by atoms with Crippen molar-refractivity contribution in [3.8, 4) is 0 Å². The van der Waals surface area contributed by atoms with Crippen molar-refractivity contribution in [3.63, 3.8) is 0 Å². The van der Waals surface area contributed by atoms with Crippen LogP contribution in [0.25, 0.3) is 0 Å². The topological polar surface area (TPSA) is 116 Å². The smallest absolute Gasteiger partial charge is 0.333 e. The van der Waals surface area contributed by atoms with Gasteiger partial charge in [0.25, 0.3) is 0 Å². The van der Waals surface area contributed by atoms with Crippen LogP contribution < -0.4 is 0 Å². The van der Waals surface area contributed by atoms with Gasteiger partial charge in [-0.2, -0.15) is 0 Å². The van der Waals surface area contributed by atoms with Crippen LogP contribution in [0.3, 0.4) is 0 Å². The van der Waals surface area contributed by atoms with E-state index in [9.17, 15) is 24.3 Å². The van der Waals surface area contributed by atoms with Crippen molar-refractivity contribution >= 4 is 23.7 Å². The van der Waals surface area contributed by atoms with Crippen LogP contribution in [0, 0.1) is 39.4 Å². The van der Waals surface area contributed by atoms with E-state index >= 15 is 0 Å². The summed E-state index contributed by atoms with van der Waals surface area (Å²) < 4.78 is 17.2. The Hall–Kier alpha value is -2.74. The summed E-state index contributed by atoms with van der Waals surface area (Å²) in [6.45, 7) is 12.8. The van der Waals surface area contributed by atoms with Crippen molar-refractivity contribution in [1.29, 1.82) is 0 Å². The molecule has 0 aromatic heterocycles. The Morgan fingerprint density at radius 2 is 1.71 bits per heavy atom. The maximum Gasteiger partial charge on any atom is 0.333 e. The van der Waals surface area contributed by atoms with Gasteiger partial charge in [0.1, 0.15) is 12.2 Å². The highest BCUT2D eigenvalue weighted by atomic mass is 16.6. The first kappa shape index (κ1) is 26.9. The van der Waals surface area contributed by atoms with Crippen LogP contribution in [0.1, 0.15) is 67.7 Å². The molecule has 8 nitrogen and oxygen atoms in total. The van der Waals surface area contributed by atoms with Crippen molar-refractivity contribution in [2.24, 2.45) is 39.4 Å². The Morgan fingerprint density at radius 3 is 2.29 bits per heavy atom. The van der Waals surface area contributed by atoms with Crippen LogP contribution in [0.4, 0.5) is 0 Å². The predicted octanol–water partition coefficient (Wildman–Crippen LogP) is 3.82. The Bertz CT molecular complexity index is 1210. The first-order valence-electron chi connectivity index (χ1n) is 13.5. The third-order valence-corrected chi connectivity index (χ3v) is 10.6. The SMILES string of the molecule is CC(=O)O[C@H]1[C@@H](OC(C)=O)[C@@]2(C)C3=CC[C@@H](C4=CC(=O)O[C@H]4O)[C@]3(C)CC[C@@H]2[C@@]2(C)C=CC(=O)C(C)(C)[C@H]12. The zero-order valence-corrected chi connectivity index (χ0v) is 23.2. The molecule has 9 atom stereocenters. The highest BCUT2D eigenvalue weighted by Crippen LogP contribution is 2.72. The quantitative estimate of drug-likeness (QED) is 0.335. The van der Waals surface area contributed by atoms with Crippen molar-refractivity contribution in [3.05, 3.63) is 35.5 Å². The fraction of sp³-hybridized carbons (Fsp3) is 0.667. The van der Waals surface area contributed by atoms with Gasteiger partial charge in [-0.05, 0) is 48.0 Å². The molecule has 206 valence electrons. The second-order valence-electron chi connectivity index (χ2n) is 13.0. The van der Waals surface area contributed by atoms with Gasteiger partial charge in [-0.3, -0.25) is 14.4 Å². The largest absolute Gasteiger partial charge is 0.458 e. The van der Waals surface area contributed by atoms with Crippen LogP contribution in [0.15, 0.2) is 35.5 Å². The van der Waals surface area contributed by atoms with E-state index < -0.39 is 64.0 Å². The lowest BCUT2D eigenvalue weighted by Gasteiger charge is -2.67. The standard InChI is InChI=1S/C30H38O8/c1-15(31)36-23-24-27(3,4)21(33)11-13-29(24,6)20-10-12-28(5)18(17-14-22(34)38-26(17)35)8-9-19(28)30(20,7)25(23)37-16(2)32/h9,11,13-14,18,20,23-26,35H,8,10,12H2,1-7H3/t18-,20+,23+,24-,25+,26+,28-,29+,30-/m0/s1. The number of ether oxygens (including phenoxy) is 3. The Labute approximate surface area is 223 Å². The molecule has 5 aliphatic rings. The number of cyclic esters (lactones) is 1. The number of carbonyl (C=O) groups excluding carboxylic acids is 4. The van der Waals surface area contributed by atoms with Crippen molar-refractivity contribution in [2.75, 3.05) is 0 Å². The molecule has 8 heteroatoms. The molecule has 0 spiro atoms. The number of hydrogen-bond donors (Lipinski definition) is 1. The molecular formula is C30H38O8. The summed E-state index contributed by atoms with van der Waals surface area (Å²) >= 11 is 0. The molecule has 2 fully saturated rings. The Morgan fingerprint density at radius 1 is 1.05 bits per heavy atom. The van der Waals surface area contributed by atoms with Gasteiger partial charge in [0, 0.05) is 42.2 Å². The van der Waals surface area contributed by atoms with Gasteiger partial charge in [-0.1, -0.05) is 52.3 Å². The second kappa shape index (κ2) is 8.38. The third kappa shape index (κ3) is 3.44. The van der Waals surface area contributed by atoms with Crippen LogP contribution >= 0.6 is 0 Å². The monoisotopic (exact) mass is 526 g/mol. The summed E-state index contributed by atoms with van der Waals surface area (Å²) in [5.41, 5.74) is -0.936. The fourth-order valence-electron chi connectivity index (χ4n) is 9.30. The fourth-order valence-corrected chi connectivity index (χ4v) is 9.30. The van der Waals surface area contributed by atoms with Crippen molar-refractivity contribution < 1.29 is 38.5 Å². The number of carbonyl (C=O) groups is 4. The number of fused-ring (bicyclic) bond motifs is 5. The minimum absolute atomic E-state index is 0.0294. The Kier molecular flexibility index (Phi) is 5.92. The molecule has 5 rings (SSSR count). The van der Waals surface area contributed by atoms with Gasteiger partial charge >= 0.3 is 17.9 Å². The average Bonchev–Trinajstić information content (AvgIpc) is 3.31. The van der Waals surface area contributed by atoms with Gasteiger partial charge in [-0.15, -0.1) is 0 Å². The summed E-state index contributed by atoms with van der Waals surface area (Å²) in [4.78, 5) is 50.2. The molecule has 0 unspecified atom stereocenters. The van der Waals surface area contributed by atoms with E-state index in [0.717, 1.165) is 18.4 Å². The van der Waals surface area contributed by atoms with E-state index in [1.165, 1.54) is 19.9 Å². The molecule has 1 heterocycles. The summed E-state index contributed by atoms with van der Waals surface area (Å²) in [6, 6.07) is 0. The summed E-state index contributed by atoms with van der Waals surface area (Å²) in [5.74, 6) is -2.18. The van der Waals surface area contributed by atoms with Crippen molar-refractivity contribution in [2.45, 2.75) is 86.2 Å². The average molecular weight is 527 g/mol. The van der Waals surface area contributed by atoms with Gasteiger partial charge < -0.3 is 19.3 Å². The van der Waals surface area contributed by atoms with Gasteiger partial charge in [0.2, 0.25) is 6.29 Å². The highest BCUT2D eigenvalue weighted by Gasteiger charge is 2.72. The first-order valence-corrected chi connectivity index (χ1v) is 13.5. The molecule has 1 N–H and O–H groups in total. The maximum atomic E-state index is 13.2. The number of aliphatic hydroxyl groups is 1. The lowest BCUT2D eigenvalue weighted by molar-refractivity contribution is -0.237. The zero-order chi connectivity index (χ0) is 28.0. The van der Waals surface area contributed by atoms with Gasteiger partial charge in [-0.25, -0.2) is 4.79 Å². The van der Waals surface area contributed by atoms with Crippen LogP contribution in [0.5, 0.6) is 0 Å². The zero-order valence-electron chi connectivity index (χ0n) is 23.2. The number of rotatable bonds is 3. The van der Waals surface area contributed by atoms with E-state index in [2.05, 4.69) is 26.8 Å². The van der Waals surface area contributed by atoms with Crippen LogP contribution in [-0.4, -0.2) is 47.3 Å². The number of hydrogen-bond acceptors (Lipinski definition) is 8. The minimum atomic E-state index is -1.28. The number of allylic oxidation sites excluding steroid dienone is 3. The van der Waals surface area contributed by atoms with Crippen molar-refractivity contribution in [1.82, 2.24) is 0 Å². The number of ketones is 1. The molecule has 38 heavy (non-hydrogen) atoms. The lowest BCUT2D eigenvalue weighted by atomic mass is 9.37. The minimum Gasteiger partial charge on any atom is -0.458 e. The van der Waals surface area contributed by atoms with Gasteiger partial charge in [0.15, 0.2) is 5.78 Å².